The molecule has 11 heteroatoms. The largest absolute Gasteiger partial charge is 0.382 e. The number of nitrogen functional groups attached to an aromatic ring is 1. The van der Waals surface area contributed by atoms with Gasteiger partial charge in [0.2, 0.25) is 0 Å². The molecule has 4 aromatic rings. The number of pyridine rings is 1. The number of imidazole rings is 1. The Hall–Kier alpha value is -3.73. The smallest absolute Gasteiger partial charge is 0.165 e. The fourth-order valence-electron chi connectivity index (χ4n) is 4.18. The number of alkyl halides is 1. The number of rotatable bonds is 4. The van der Waals surface area contributed by atoms with E-state index < -0.39 is 17.8 Å². The van der Waals surface area contributed by atoms with Gasteiger partial charge < -0.3 is 20.9 Å². The van der Waals surface area contributed by atoms with Crippen LogP contribution in [0.25, 0.3) is 22.4 Å². The molecule has 0 spiro atoms. The van der Waals surface area contributed by atoms with Crippen LogP contribution in [-0.2, 0) is 6.54 Å². The van der Waals surface area contributed by atoms with Crippen molar-refractivity contribution in [2.24, 2.45) is 5.73 Å². The fourth-order valence-corrected chi connectivity index (χ4v) is 4.18. The van der Waals surface area contributed by atoms with Crippen LogP contribution in [0.1, 0.15) is 12.0 Å². The number of anilines is 2. The topological polar surface area (TPSA) is 112 Å². The molecule has 5 rings (SSSR count). The van der Waals surface area contributed by atoms with Crippen LogP contribution in [0, 0.1) is 11.6 Å². The molecule has 1 aliphatic heterocycles. The summed E-state index contributed by atoms with van der Waals surface area (Å²) in [4.78, 5) is 18.8. The van der Waals surface area contributed by atoms with E-state index >= 15 is 0 Å². The average molecular weight is 454 g/mol. The first-order valence-electron chi connectivity index (χ1n) is 10.4. The third-order valence-electron chi connectivity index (χ3n) is 5.72. The predicted molar refractivity (Wildman–Crippen MR) is 118 cm³/mol. The summed E-state index contributed by atoms with van der Waals surface area (Å²) < 4.78 is 43.3. The molecule has 0 amide bonds. The summed E-state index contributed by atoms with van der Waals surface area (Å²) in [5, 5.41) is 0. The second-order valence-electron chi connectivity index (χ2n) is 8.13. The van der Waals surface area contributed by atoms with Crippen LogP contribution in [0.3, 0.4) is 0 Å². The van der Waals surface area contributed by atoms with Crippen LogP contribution in [-0.4, -0.2) is 49.8 Å². The number of benzene rings is 1. The van der Waals surface area contributed by atoms with Gasteiger partial charge in [0.1, 0.15) is 18.0 Å². The number of halogens is 3. The van der Waals surface area contributed by atoms with Crippen molar-refractivity contribution in [1.82, 2.24) is 24.5 Å². The lowest BCUT2D eigenvalue weighted by atomic mass is 10.0. The van der Waals surface area contributed by atoms with Gasteiger partial charge >= 0.3 is 0 Å². The number of hydrogen-bond acceptors (Lipinski definition) is 7. The number of nitrogens with zero attached hydrogens (tertiary/aromatic N) is 6. The Labute approximate surface area is 187 Å². The van der Waals surface area contributed by atoms with Gasteiger partial charge in [-0.3, -0.25) is 4.98 Å². The third kappa shape index (κ3) is 4.07. The molecular formula is C22H21F3N8. The lowest BCUT2D eigenvalue weighted by Crippen LogP contribution is -2.48. The first kappa shape index (κ1) is 21.1. The zero-order valence-electron chi connectivity index (χ0n) is 17.5. The molecule has 4 heterocycles. The minimum Gasteiger partial charge on any atom is -0.382 e. The third-order valence-corrected chi connectivity index (χ3v) is 5.72. The van der Waals surface area contributed by atoms with E-state index in [0.717, 1.165) is 17.7 Å². The maximum Gasteiger partial charge on any atom is 0.165 e. The molecule has 1 fully saturated rings. The maximum atomic E-state index is 14.3. The first-order chi connectivity index (χ1) is 15.9. The molecule has 170 valence electrons. The van der Waals surface area contributed by atoms with Crippen LogP contribution in [0.4, 0.5) is 24.7 Å². The van der Waals surface area contributed by atoms with Crippen LogP contribution in [0.15, 0.2) is 43.1 Å². The van der Waals surface area contributed by atoms with Gasteiger partial charge in [0.05, 0.1) is 30.5 Å². The highest BCUT2D eigenvalue weighted by atomic mass is 19.2. The van der Waals surface area contributed by atoms with E-state index in [2.05, 4.69) is 19.9 Å². The van der Waals surface area contributed by atoms with Gasteiger partial charge in [-0.2, -0.15) is 0 Å². The molecule has 0 radical (unpaired) electrons. The summed E-state index contributed by atoms with van der Waals surface area (Å²) in [6.45, 7) is 0.969. The Kier molecular flexibility index (Phi) is 5.33. The van der Waals surface area contributed by atoms with Crippen LogP contribution in [0.5, 0.6) is 0 Å². The summed E-state index contributed by atoms with van der Waals surface area (Å²) in [6, 6.07) is 5.07. The summed E-state index contributed by atoms with van der Waals surface area (Å²) in [5.74, 6) is -1.64. The Balaban J connectivity index is 1.59. The van der Waals surface area contributed by atoms with Crippen molar-refractivity contribution in [1.29, 1.82) is 0 Å². The Bertz CT molecular complexity index is 1310. The van der Waals surface area contributed by atoms with E-state index in [1.807, 2.05) is 4.90 Å². The molecule has 2 atom stereocenters. The first-order valence-corrected chi connectivity index (χ1v) is 10.4. The van der Waals surface area contributed by atoms with Gasteiger partial charge in [0.25, 0.3) is 0 Å². The summed E-state index contributed by atoms with van der Waals surface area (Å²) >= 11 is 0. The van der Waals surface area contributed by atoms with Gasteiger partial charge in [-0.15, -0.1) is 0 Å². The molecule has 1 saturated heterocycles. The minimum atomic E-state index is -1.06. The molecule has 4 N–H and O–H groups in total. The van der Waals surface area contributed by atoms with Crippen molar-refractivity contribution in [2.45, 2.75) is 25.2 Å². The number of aromatic nitrogens is 5. The fraction of sp³-hybridized carbons (Fsp3) is 0.273. The van der Waals surface area contributed by atoms with Crippen molar-refractivity contribution in [3.8, 4) is 11.3 Å². The molecule has 3 aromatic heterocycles. The normalized spacial score (nSPS) is 18.7. The molecule has 1 aromatic carbocycles. The van der Waals surface area contributed by atoms with Gasteiger partial charge in [-0.05, 0) is 36.2 Å². The quantitative estimate of drug-likeness (QED) is 0.488. The van der Waals surface area contributed by atoms with Crippen molar-refractivity contribution >= 4 is 22.7 Å². The zero-order chi connectivity index (χ0) is 23.1. The van der Waals surface area contributed by atoms with E-state index in [0.29, 0.717) is 47.6 Å². The van der Waals surface area contributed by atoms with Crippen molar-refractivity contribution in [3.63, 3.8) is 0 Å². The highest BCUT2D eigenvalue weighted by molar-refractivity contribution is 5.81. The summed E-state index contributed by atoms with van der Waals surface area (Å²) in [7, 11) is 0. The van der Waals surface area contributed by atoms with E-state index in [-0.39, 0.29) is 18.4 Å². The molecule has 0 saturated carbocycles. The SMILES string of the molecule is Nc1ncnc2c1ncn2Cc1cc(-c2ccc(F)c(F)c2)ncc1N1C[C@H](N)C[C@H](F)C1. The van der Waals surface area contributed by atoms with Gasteiger partial charge in [0.15, 0.2) is 23.1 Å². The molecule has 8 nitrogen and oxygen atoms in total. The van der Waals surface area contributed by atoms with Crippen molar-refractivity contribution < 1.29 is 13.2 Å². The number of nitrogens with two attached hydrogens (primary N) is 2. The molecule has 0 bridgehead atoms. The molecular weight excluding hydrogens is 433 g/mol. The van der Waals surface area contributed by atoms with E-state index in [1.54, 1.807) is 23.2 Å². The number of piperidine rings is 1. The molecule has 33 heavy (non-hydrogen) atoms. The van der Waals surface area contributed by atoms with Crippen LogP contribution in [0.2, 0.25) is 0 Å². The number of hydrogen-bond donors (Lipinski definition) is 2. The molecule has 0 unspecified atom stereocenters. The van der Waals surface area contributed by atoms with Gasteiger partial charge in [-0.25, -0.2) is 28.1 Å². The average Bonchev–Trinajstić information content (AvgIpc) is 3.19. The van der Waals surface area contributed by atoms with E-state index in [9.17, 15) is 13.2 Å². The summed E-state index contributed by atoms with van der Waals surface area (Å²) in [5.41, 5.74) is 15.3. The molecule has 1 aliphatic rings. The van der Waals surface area contributed by atoms with E-state index in [1.165, 1.54) is 12.4 Å². The van der Waals surface area contributed by atoms with Crippen molar-refractivity contribution in [3.05, 3.63) is 60.3 Å². The molecule has 0 aliphatic carbocycles. The second-order valence-corrected chi connectivity index (χ2v) is 8.13. The zero-order valence-corrected chi connectivity index (χ0v) is 17.5. The Morgan fingerprint density at radius 1 is 1.03 bits per heavy atom. The van der Waals surface area contributed by atoms with Gasteiger partial charge in [-0.1, -0.05) is 0 Å². The highest BCUT2D eigenvalue weighted by Gasteiger charge is 2.27. The Morgan fingerprint density at radius 3 is 2.67 bits per heavy atom. The van der Waals surface area contributed by atoms with Crippen molar-refractivity contribution in [2.75, 3.05) is 23.7 Å². The van der Waals surface area contributed by atoms with E-state index in [4.69, 9.17) is 11.5 Å². The van der Waals surface area contributed by atoms with Gasteiger partial charge in [0, 0.05) is 24.7 Å². The van der Waals surface area contributed by atoms with Crippen LogP contribution >= 0.6 is 0 Å². The standard InChI is InChI=1S/C22H21F3N8/c23-14-5-15(26)9-32(8-14)19-6-28-18(12-1-2-16(24)17(25)3-12)4-13(19)7-33-11-31-20-21(27)29-10-30-22(20)33/h1-4,6,10-11,14-15H,5,7-9,26H2,(H2,27,29,30)/t14-,15+/m0/s1. The number of fused-ring (bicyclic) bond motifs is 1. The lowest BCUT2D eigenvalue weighted by Gasteiger charge is -2.35. The Morgan fingerprint density at radius 2 is 1.88 bits per heavy atom. The maximum absolute atomic E-state index is 14.3. The van der Waals surface area contributed by atoms with Crippen LogP contribution < -0.4 is 16.4 Å². The predicted octanol–water partition coefficient (Wildman–Crippen LogP) is 2.67. The lowest BCUT2D eigenvalue weighted by molar-refractivity contribution is 0.268. The summed E-state index contributed by atoms with van der Waals surface area (Å²) in [6.07, 6.45) is 3.80. The second kappa shape index (κ2) is 8.32. The highest BCUT2D eigenvalue weighted by Crippen LogP contribution is 2.30. The monoisotopic (exact) mass is 454 g/mol. The minimum absolute atomic E-state index is 0.187.